The van der Waals surface area contributed by atoms with Crippen LogP contribution in [0.5, 0.6) is 0 Å². The van der Waals surface area contributed by atoms with Crippen molar-refractivity contribution in [3.8, 4) is 33.4 Å². The highest BCUT2D eigenvalue weighted by molar-refractivity contribution is 5.87. The van der Waals surface area contributed by atoms with Crippen LogP contribution < -0.4 is 10.6 Å². The van der Waals surface area contributed by atoms with Crippen LogP contribution in [0, 0.1) is 13.8 Å². The summed E-state index contributed by atoms with van der Waals surface area (Å²) in [7, 11) is 0. The Bertz CT molecular complexity index is 1830. The number of rotatable bonds is 10. The van der Waals surface area contributed by atoms with E-state index in [1.54, 1.807) is 0 Å². The summed E-state index contributed by atoms with van der Waals surface area (Å²) >= 11 is 0. The van der Waals surface area contributed by atoms with Crippen LogP contribution in [0.25, 0.3) is 33.4 Å². The lowest BCUT2D eigenvalue weighted by Gasteiger charge is -2.15. The predicted octanol–water partition coefficient (Wildman–Crippen LogP) is 12.1. The Morgan fingerprint density at radius 3 is 1.50 bits per heavy atom. The van der Waals surface area contributed by atoms with Crippen molar-refractivity contribution in [3.05, 3.63) is 156 Å². The molecule has 0 aliphatic rings. The van der Waals surface area contributed by atoms with Gasteiger partial charge in [-0.1, -0.05) is 104 Å². The smallest absolute Gasteiger partial charge is 0.0390 e. The van der Waals surface area contributed by atoms with Crippen LogP contribution in [0.4, 0.5) is 22.7 Å². The lowest BCUT2D eigenvalue weighted by molar-refractivity contribution is 0.795. The average Bonchev–Trinajstić information content (AvgIpc) is 3.05. The zero-order valence-electron chi connectivity index (χ0n) is 25.9. The second-order valence-electron chi connectivity index (χ2n) is 11.7. The van der Waals surface area contributed by atoms with Crippen LogP contribution in [0.15, 0.2) is 140 Å². The molecule has 0 bridgehead atoms. The van der Waals surface area contributed by atoms with E-state index in [0.29, 0.717) is 0 Å². The first-order valence-corrected chi connectivity index (χ1v) is 15.7. The Balaban J connectivity index is 1.27. The van der Waals surface area contributed by atoms with Crippen molar-refractivity contribution in [3.63, 3.8) is 0 Å². The zero-order chi connectivity index (χ0) is 30.3. The Labute approximate surface area is 262 Å². The number of anilines is 4. The minimum atomic E-state index is 1.08. The number of hydrogen-bond acceptors (Lipinski definition) is 2. The molecule has 0 spiro atoms. The summed E-state index contributed by atoms with van der Waals surface area (Å²) in [5.74, 6) is 0. The van der Waals surface area contributed by atoms with Gasteiger partial charge in [-0.05, 0) is 125 Å². The van der Waals surface area contributed by atoms with Crippen LogP contribution in [0.1, 0.15) is 36.5 Å². The molecule has 6 aromatic carbocycles. The quantitative estimate of drug-likeness (QED) is 0.171. The van der Waals surface area contributed by atoms with Crippen LogP contribution in [0.3, 0.4) is 0 Å². The number of nitrogens with one attached hydrogen (secondary N) is 2. The first kappa shape index (κ1) is 29.0. The summed E-state index contributed by atoms with van der Waals surface area (Å²) in [6.07, 6.45) is 3.56. The molecule has 218 valence electrons. The SMILES string of the molecule is CCCCc1ccc(-c2cc(Nc3cccc(C)c3)ccc2-c2ccc(-c3ccc(Nc4cccc(C)c4)cc3)cc2)cc1. The molecule has 0 aromatic heterocycles. The van der Waals surface area contributed by atoms with E-state index in [4.69, 9.17) is 0 Å². The first-order chi connectivity index (χ1) is 21.5. The molecule has 2 heteroatoms. The Morgan fingerprint density at radius 1 is 0.432 bits per heavy atom. The fourth-order valence-electron chi connectivity index (χ4n) is 5.71. The van der Waals surface area contributed by atoms with Crippen LogP contribution in [-0.4, -0.2) is 0 Å². The van der Waals surface area contributed by atoms with Crippen LogP contribution >= 0.6 is 0 Å². The maximum absolute atomic E-state index is 3.62. The van der Waals surface area contributed by atoms with Gasteiger partial charge in [0.15, 0.2) is 0 Å². The Hall–Kier alpha value is -5.08. The fraction of sp³-hybridized carbons (Fsp3) is 0.143. The molecule has 2 N–H and O–H groups in total. The highest BCUT2D eigenvalue weighted by Crippen LogP contribution is 2.36. The predicted molar refractivity (Wildman–Crippen MR) is 190 cm³/mol. The van der Waals surface area contributed by atoms with E-state index in [-0.39, 0.29) is 0 Å². The molecule has 6 rings (SSSR count). The summed E-state index contributed by atoms with van der Waals surface area (Å²) < 4.78 is 0. The van der Waals surface area contributed by atoms with E-state index in [9.17, 15) is 0 Å². The molecule has 0 amide bonds. The number of hydrogen-bond donors (Lipinski definition) is 2. The molecule has 0 radical (unpaired) electrons. The minimum Gasteiger partial charge on any atom is -0.356 e. The molecule has 0 aliphatic heterocycles. The number of unbranched alkanes of at least 4 members (excludes halogenated alkanes) is 1. The second kappa shape index (κ2) is 13.5. The molecule has 2 nitrogen and oxygen atoms in total. The molecular formula is C42H40N2. The van der Waals surface area contributed by atoms with Gasteiger partial charge in [0, 0.05) is 22.7 Å². The first-order valence-electron chi connectivity index (χ1n) is 15.7. The molecular weight excluding hydrogens is 532 g/mol. The van der Waals surface area contributed by atoms with Gasteiger partial charge in [-0.3, -0.25) is 0 Å². The summed E-state index contributed by atoms with van der Waals surface area (Å²) in [6.45, 7) is 6.49. The Morgan fingerprint density at radius 2 is 0.909 bits per heavy atom. The van der Waals surface area contributed by atoms with Gasteiger partial charge in [-0.15, -0.1) is 0 Å². The van der Waals surface area contributed by atoms with Crippen molar-refractivity contribution >= 4 is 22.7 Å². The maximum atomic E-state index is 3.62. The summed E-state index contributed by atoms with van der Waals surface area (Å²) in [4.78, 5) is 0. The lowest BCUT2D eigenvalue weighted by atomic mass is 9.92. The fourth-order valence-corrected chi connectivity index (χ4v) is 5.71. The molecule has 0 atom stereocenters. The van der Waals surface area contributed by atoms with Gasteiger partial charge in [0.1, 0.15) is 0 Å². The molecule has 6 aromatic rings. The van der Waals surface area contributed by atoms with Gasteiger partial charge in [-0.25, -0.2) is 0 Å². The third-order valence-electron chi connectivity index (χ3n) is 8.13. The van der Waals surface area contributed by atoms with Gasteiger partial charge in [-0.2, -0.15) is 0 Å². The number of benzene rings is 6. The number of aryl methyl sites for hydroxylation is 3. The highest BCUT2D eigenvalue weighted by Gasteiger charge is 2.11. The summed E-state index contributed by atoms with van der Waals surface area (Å²) in [5, 5.41) is 7.13. The molecule has 0 aliphatic carbocycles. The van der Waals surface area contributed by atoms with E-state index in [1.807, 2.05) is 0 Å². The van der Waals surface area contributed by atoms with Gasteiger partial charge in [0.2, 0.25) is 0 Å². The van der Waals surface area contributed by atoms with Crippen molar-refractivity contribution in [1.82, 2.24) is 0 Å². The minimum absolute atomic E-state index is 1.08. The highest BCUT2D eigenvalue weighted by atomic mass is 14.9. The van der Waals surface area contributed by atoms with Crippen molar-refractivity contribution in [2.24, 2.45) is 0 Å². The second-order valence-corrected chi connectivity index (χ2v) is 11.7. The molecule has 0 fully saturated rings. The lowest BCUT2D eigenvalue weighted by Crippen LogP contribution is -1.94. The monoisotopic (exact) mass is 572 g/mol. The van der Waals surface area contributed by atoms with Crippen LogP contribution in [0.2, 0.25) is 0 Å². The van der Waals surface area contributed by atoms with E-state index >= 15 is 0 Å². The van der Waals surface area contributed by atoms with Crippen LogP contribution in [-0.2, 0) is 6.42 Å². The van der Waals surface area contributed by atoms with Gasteiger partial charge >= 0.3 is 0 Å². The third-order valence-corrected chi connectivity index (χ3v) is 8.13. The van der Waals surface area contributed by atoms with Crippen molar-refractivity contribution < 1.29 is 0 Å². The molecule has 0 saturated heterocycles. The third kappa shape index (κ3) is 7.10. The topological polar surface area (TPSA) is 24.1 Å². The van der Waals surface area contributed by atoms with E-state index in [0.717, 1.165) is 29.2 Å². The summed E-state index contributed by atoms with van der Waals surface area (Å²) in [5.41, 5.74) is 15.6. The largest absolute Gasteiger partial charge is 0.356 e. The van der Waals surface area contributed by atoms with Crippen molar-refractivity contribution in [1.29, 1.82) is 0 Å². The van der Waals surface area contributed by atoms with E-state index in [1.165, 1.54) is 62.9 Å². The Kier molecular flexibility index (Phi) is 8.89. The van der Waals surface area contributed by atoms with E-state index in [2.05, 4.69) is 171 Å². The summed E-state index contributed by atoms with van der Waals surface area (Å²) in [6, 6.07) is 50.4. The van der Waals surface area contributed by atoms with Gasteiger partial charge in [0.05, 0.1) is 0 Å². The van der Waals surface area contributed by atoms with Crippen molar-refractivity contribution in [2.45, 2.75) is 40.0 Å². The maximum Gasteiger partial charge on any atom is 0.0390 e. The van der Waals surface area contributed by atoms with E-state index < -0.39 is 0 Å². The molecule has 44 heavy (non-hydrogen) atoms. The molecule has 0 saturated carbocycles. The van der Waals surface area contributed by atoms with Crippen molar-refractivity contribution in [2.75, 3.05) is 10.6 Å². The average molecular weight is 573 g/mol. The van der Waals surface area contributed by atoms with Gasteiger partial charge in [0.25, 0.3) is 0 Å². The molecule has 0 heterocycles. The van der Waals surface area contributed by atoms with Gasteiger partial charge < -0.3 is 10.6 Å². The molecule has 0 unspecified atom stereocenters. The zero-order valence-corrected chi connectivity index (χ0v) is 25.9. The normalized spacial score (nSPS) is 10.9. The standard InChI is InChI=1S/C42H40N2/c1-4-5-10-32-13-15-36(16-14-32)42-29-40(44-39-12-7-9-31(3)28-39)25-26-41(42)35-19-17-33(18-20-35)34-21-23-37(24-22-34)43-38-11-6-8-30(2)27-38/h6-9,11-29,43-44H,4-5,10H2,1-3H3.